The van der Waals surface area contributed by atoms with Crippen LogP contribution in [-0.4, -0.2) is 10.7 Å². The van der Waals surface area contributed by atoms with E-state index in [0.717, 1.165) is 6.42 Å². The van der Waals surface area contributed by atoms with Crippen LogP contribution in [0.25, 0.3) is 79.0 Å². The molecule has 1 aliphatic heterocycles. The lowest BCUT2D eigenvalue weighted by Crippen LogP contribution is -2.61. The van der Waals surface area contributed by atoms with Crippen LogP contribution in [-0.2, 0) is 0 Å². The number of allylic oxidation sites excluding steroid dienone is 3. The summed E-state index contributed by atoms with van der Waals surface area (Å²) in [7, 11) is 0. The number of nitrogens with one attached hydrogen (secondary N) is 3. The summed E-state index contributed by atoms with van der Waals surface area (Å²) >= 11 is 3.81. The summed E-state index contributed by atoms with van der Waals surface area (Å²) in [6.07, 6.45) is 10.1. The van der Waals surface area contributed by atoms with Gasteiger partial charge in [0.05, 0.1) is 39.9 Å². The standard InChI is InChI=1S/C51H38N4S2/c1-3-13-31(14-4-1)49-52-50(32-15-5-2-6-16-32)54-51(53-49)34-26-28-45-41(29-34)38-27-25-33(30-46(38)56-45)35-19-11-20-39-40-21-12-24-44(48(40)57-47(35)39)55-42-22-9-7-17-36(42)37-18-8-10-23-43(37)55/h1-15,17-30,32,49-54H,16H2. The molecule has 1 fully saturated rings. The molecule has 4 nitrogen and oxygen atoms in total. The lowest BCUT2D eigenvalue weighted by Gasteiger charge is -2.42. The van der Waals surface area contributed by atoms with Crippen LogP contribution in [0.15, 0.2) is 176 Å². The van der Waals surface area contributed by atoms with E-state index in [1.54, 1.807) is 0 Å². The van der Waals surface area contributed by atoms with Crippen LogP contribution >= 0.6 is 22.7 Å². The average Bonchev–Trinajstić information content (AvgIpc) is 3.96. The van der Waals surface area contributed by atoms with Crippen molar-refractivity contribution < 1.29 is 0 Å². The van der Waals surface area contributed by atoms with Crippen LogP contribution in [0.5, 0.6) is 0 Å². The van der Waals surface area contributed by atoms with E-state index in [1.807, 2.05) is 22.7 Å². The quantitative estimate of drug-likeness (QED) is 0.163. The Balaban J connectivity index is 0.937. The highest BCUT2D eigenvalue weighted by Crippen LogP contribution is 2.45. The van der Waals surface area contributed by atoms with Gasteiger partial charge in [0.15, 0.2) is 0 Å². The predicted molar refractivity (Wildman–Crippen MR) is 244 cm³/mol. The number of hydrogen-bond acceptors (Lipinski definition) is 5. The van der Waals surface area contributed by atoms with Crippen molar-refractivity contribution in [1.29, 1.82) is 0 Å². The molecule has 0 saturated carbocycles. The first-order chi connectivity index (χ1) is 28.2. The van der Waals surface area contributed by atoms with E-state index in [9.17, 15) is 0 Å². The molecule has 1 saturated heterocycles. The van der Waals surface area contributed by atoms with E-state index in [4.69, 9.17) is 0 Å². The van der Waals surface area contributed by atoms with Gasteiger partial charge in [-0.3, -0.25) is 16.0 Å². The Kier molecular flexibility index (Phi) is 7.81. The molecule has 57 heavy (non-hydrogen) atoms. The summed E-state index contributed by atoms with van der Waals surface area (Å²) in [6.45, 7) is 0. The van der Waals surface area contributed by atoms with Gasteiger partial charge in [-0.15, -0.1) is 22.7 Å². The van der Waals surface area contributed by atoms with Gasteiger partial charge in [-0.05, 0) is 65.1 Å². The first kappa shape index (κ1) is 33.3. The average molecular weight is 771 g/mol. The molecule has 12 rings (SSSR count). The summed E-state index contributed by atoms with van der Waals surface area (Å²) in [5.74, 6) is 0.376. The van der Waals surface area contributed by atoms with Crippen molar-refractivity contribution >= 4 is 84.8 Å². The molecule has 3 aromatic heterocycles. The third kappa shape index (κ3) is 5.44. The number of rotatable bonds is 5. The maximum absolute atomic E-state index is 3.93. The van der Waals surface area contributed by atoms with Gasteiger partial charge in [0.25, 0.3) is 0 Å². The molecule has 0 spiro atoms. The Labute approximate surface area is 338 Å². The SMILES string of the molecule is C1=CCC(C2NC(c3ccccc3)NC(c3ccc4sc5cc(-c6cccc7c6sc6c(-n8c9ccccc9c9ccccc98)cccc67)ccc5c4c3)N2)C=C1. The molecular weight excluding hydrogens is 733 g/mol. The van der Waals surface area contributed by atoms with E-state index >= 15 is 0 Å². The maximum atomic E-state index is 3.93. The van der Waals surface area contributed by atoms with Crippen molar-refractivity contribution in [2.75, 3.05) is 0 Å². The lowest BCUT2D eigenvalue weighted by molar-refractivity contribution is 0.170. The van der Waals surface area contributed by atoms with Gasteiger partial charge < -0.3 is 4.57 Å². The van der Waals surface area contributed by atoms with Crippen molar-refractivity contribution in [3.63, 3.8) is 0 Å². The normalized spacial score (nSPS) is 19.9. The fourth-order valence-corrected chi connectivity index (χ4v) is 11.8. The van der Waals surface area contributed by atoms with Gasteiger partial charge in [0.2, 0.25) is 0 Å². The fraction of sp³-hybridized carbons (Fsp3) is 0.0980. The minimum Gasteiger partial charge on any atom is -0.308 e. The number of para-hydroxylation sites is 2. The van der Waals surface area contributed by atoms with Crippen LogP contribution in [0.1, 0.15) is 29.9 Å². The largest absolute Gasteiger partial charge is 0.308 e. The Morgan fingerprint density at radius 1 is 0.491 bits per heavy atom. The van der Waals surface area contributed by atoms with Crippen LogP contribution in [0.2, 0.25) is 0 Å². The zero-order valence-electron chi connectivity index (χ0n) is 31.0. The fourth-order valence-electron chi connectivity index (χ4n) is 9.33. The Bertz CT molecular complexity index is 3190. The van der Waals surface area contributed by atoms with Crippen LogP contribution in [0.4, 0.5) is 0 Å². The van der Waals surface area contributed by atoms with Crippen LogP contribution in [0, 0.1) is 5.92 Å². The molecule has 0 radical (unpaired) electrons. The minimum atomic E-state index is -0.00245. The molecule has 4 heterocycles. The topological polar surface area (TPSA) is 41.0 Å². The molecule has 6 heteroatoms. The molecule has 3 N–H and O–H groups in total. The summed E-state index contributed by atoms with van der Waals surface area (Å²) in [4.78, 5) is 0. The zero-order valence-corrected chi connectivity index (χ0v) is 32.7. The molecule has 1 aliphatic carbocycles. The third-order valence-electron chi connectivity index (χ3n) is 12.1. The second kappa shape index (κ2) is 13.4. The third-order valence-corrected chi connectivity index (χ3v) is 14.5. The Morgan fingerprint density at radius 3 is 2.00 bits per heavy atom. The zero-order chi connectivity index (χ0) is 37.5. The Morgan fingerprint density at radius 2 is 1.21 bits per heavy atom. The minimum absolute atomic E-state index is 0.00245. The number of nitrogens with zero attached hydrogens (tertiary/aromatic N) is 1. The number of thiophene rings is 2. The molecule has 10 aromatic rings. The van der Waals surface area contributed by atoms with Crippen molar-refractivity contribution in [3.8, 4) is 16.8 Å². The van der Waals surface area contributed by atoms with Gasteiger partial charge in [0.1, 0.15) is 0 Å². The highest BCUT2D eigenvalue weighted by atomic mass is 32.1. The molecule has 2 aliphatic rings. The Hall–Kier alpha value is -5.86. The van der Waals surface area contributed by atoms with Crippen LogP contribution < -0.4 is 16.0 Å². The number of benzene rings is 7. The first-order valence-electron chi connectivity index (χ1n) is 19.8. The lowest BCUT2D eigenvalue weighted by atomic mass is 9.94. The summed E-state index contributed by atoms with van der Waals surface area (Å²) in [6, 6.07) is 56.1. The highest BCUT2D eigenvalue weighted by Gasteiger charge is 2.32. The number of hydrogen-bond donors (Lipinski definition) is 3. The van der Waals surface area contributed by atoms with Crippen molar-refractivity contribution in [2.24, 2.45) is 5.92 Å². The highest BCUT2D eigenvalue weighted by molar-refractivity contribution is 7.27. The molecule has 4 atom stereocenters. The van der Waals surface area contributed by atoms with Gasteiger partial charge in [-0.25, -0.2) is 0 Å². The van der Waals surface area contributed by atoms with Gasteiger partial charge in [-0.2, -0.15) is 0 Å². The number of aromatic nitrogens is 1. The maximum Gasteiger partial charge on any atom is 0.0862 e. The second-order valence-electron chi connectivity index (χ2n) is 15.3. The van der Waals surface area contributed by atoms with E-state index < -0.39 is 0 Å². The van der Waals surface area contributed by atoms with Gasteiger partial charge in [0, 0.05) is 52.3 Å². The van der Waals surface area contributed by atoms with Crippen LogP contribution in [0.3, 0.4) is 0 Å². The van der Waals surface area contributed by atoms with Crippen molar-refractivity contribution in [1.82, 2.24) is 20.5 Å². The van der Waals surface area contributed by atoms with Crippen molar-refractivity contribution in [3.05, 3.63) is 187 Å². The molecular formula is C51H38N4S2. The predicted octanol–water partition coefficient (Wildman–Crippen LogP) is 13.1. The van der Waals surface area contributed by atoms with Gasteiger partial charge >= 0.3 is 0 Å². The molecule has 274 valence electrons. The molecule has 7 aromatic carbocycles. The first-order valence-corrected chi connectivity index (χ1v) is 21.4. The van der Waals surface area contributed by atoms with E-state index in [-0.39, 0.29) is 18.5 Å². The van der Waals surface area contributed by atoms with Gasteiger partial charge in [-0.1, -0.05) is 140 Å². The summed E-state index contributed by atoms with van der Waals surface area (Å²) in [5, 5.41) is 19.5. The number of fused-ring (bicyclic) bond motifs is 9. The van der Waals surface area contributed by atoms with E-state index in [2.05, 4.69) is 196 Å². The smallest absolute Gasteiger partial charge is 0.0862 e. The van der Waals surface area contributed by atoms with E-state index in [1.165, 1.54) is 90.1 Å². The van der Waals surface area contributed by atoms with Crippen molar-refractivity contribution in [2.45, 2.75) is 24.9 Å². The molecule has 4 unspecified atom stereocenters. The molecule has 0 amide bonds. The summed E-state index contributed by atoms with van der Waals surface area (Å²) < 4.78 is 7.73. The second-order valence-corrected chi connectivity index (χ2v) is 17.4. The molecule has 0 bridgehead atoms. The van der Waals surface area contributed by atoms with E-state index in [0.29, 0.717) is 5.92 Å². The summed E-state index contributed by atoms with van der Waals surface area (Å²) in [5.41, 5.74) is 8.76. The monoisotopic (exact) mass is 770 g/mol.